The van der Waals surface area contributed by atoms with Gasteiger partial charge >= 0.3 is 6.09 Å². The fourth-order valence-electron chi connectivity index (χ4n) is 2.83. The first-order valence-corrected chi connectivity index (χ1v) is 11.2. The van der Waals surface area contributed by atoms with Crippen molar-refractivity contribution < 1.29 is 22.3 Å². The van der Waals surface area contributed by atoms with Gasteiger partial charge in [-0.15, -0.1) is 0 Å². The van der Waals surface area contributed by atoms with E-state index in [-0.39, 0.29) is 11.4 Å². The third-order valence-corrected chi connectivity index (χ3v) is 6.22. The topological polar surface area (TPSA) is 81.5 Å². The minimum absolute atomic E-state index is 0.0751. The molecule has 0 N–H and O–H groups in total. The van der Waals surface area contributed by atoms with Crippen molar-refractivity contribution in [1.29, 1.82) is 0 Å². The second-order valence-corrected chi connectivity index (χ2v) is 10.5. The number of hydrogen-bond donors (Lipinski definition) is 0. The Kier molecular flexibility index (Phi) is 5.92. The summed E-state index contributed by atoms with van der Waals surface area (Å²) in [7, 11) is -2.53. The molecule has 0 saturated heterocycles. The highest BCUT2D eigenvalue weighted by Gasteiger charge is 2.25. The van der Waals surface area contributed by atoms with E-state index in [4.69, 9.17) is 4.74 Å². The molecule has 0 bridgehead atoms. The molecule has 0 aliphatic rings. The Hall–Kier alpha value is -2.46. The minimum atomic E-state index is -4.09. The molecule has 2 heterocycles. The zero-order valence-electron chi connectivity index (χ0n) is 16.9. The van der Waals surface area contributed by atoms with Crippen LogP contribution in [0.1, 0.15) is 26.3 Å². The molecule has 160 valence electrons. The van der Waals surface area contributed by atoms with Crippen LogP contribution < -0.4 is 0 Å². The van der Waals surface area contributed by atoms with Gasteiger partial charge in [0.1, 0.15) is 11.4 Å². The maximum Gasteiger partial charge on any atom is 0.410 e. The van der Waals surface area contributed by atoms with Gasteiger partial charge in [0.2, 0.25) is 0 Å². The molecule has 0 aliphatic carbocycles. The van der Waals surface area contributed by atoms with Crippen LogP contribution in [-0.4, -0.2) is 41.0 Å². The molecule has 0 fully saturated rings. The molecule has 0 aliphatic heterocycles. The van der Waals surface area contributed by atoms with Crippen molar-refractivity contribution in [3.05, 3.63) is 58.6 Å². The maximum absolute atomic E-state index is 13.6. The number of aromatic nitrogens is 2. The summed E-state index contributed by atoms with van der Waals surface area (Å²) in [5.41, 5.74) is 0.559. The number of carbonyl (C=O) groups excluding carboxylic acids is 1. The highest BCUT2D eigenvalue weighted by molar-refractivity contribution is 9.10. The smallest absolute Gasteiger partial charge is 0.410 e. The zero-order chi connectivity index (χ0) is 22.3. The number of halogens is 2. The van der Waals surface area contributed by atoms with E-state index >= 15 is 0 Å². The standard InChI is InChI=1S/C20H21BrFN3O4S/c1-20(2,3)29-19(26)24(4)11-13-12-25(17-8-14(21)10-23-18(13)17)30(27,28)16-7-5-6-15(22)9-16/h5-10,12H,11H2,1-4H3. The van der Waals surface area contributed by atoms with Crippen molar-refractivity contribution in [2.75, 3.05) is 7.05 Å². The lowest BCUT2D eigenvalue weighted by Gasteiger charge is -2.24. The number of amides is 1. The van der Waals surface area contributed by atoms with Gasteiger partial charge in [0.25, 0.3) is 10.0 Å². The molecule has 3 rings (SSSR count). The number of carbonyl (C=O) groups is 1. The van der Waals surface area contributed by atoms with Gasteiger partial charge in [0, 0.05) is 29.5 Å². The van der Waals surface area contributed by atoms with E-state index in [0.29, 0.717) is 21.1 Å². The number of hydrogen-bond acceptors (Lipinski definition) is 5. The van der Waals surface area contributed by atoms with Gasteiger partial charge in [-0.1, -0.05) is 6.07 Å². The Balaban J connectivity index is 2.08. The van der Waals surface area contributed by atoms with Crippen LogP contribution in [0.4, 0.5) is 9.18 Å². The molecule has 2 aromatic heterocycles. The molecule has 30 heavy (non-hydrogen) atoms. The van der Waals surface area contributed by atoms with E-state index in [1.807, 2.05) is 0 Å². The molecule has 0 radical (unpaired) electrons. The van der Waals surface area contributed by atoms with Gasteiger partial charge in [-0.25, -0.2) is 21.6 Å². The van der Waals surface area contributed by atoms with Crippen LogP contribution in [0.2, 0.25) is 0 Å². The molecule has 1 amide bonds. The van der Waals surface area contributed by atoms with Crippen LogP contribution in [-0.2, 0) is 21.3 Å². The summed E-state index contributed by atoms with van der Waals surface area (Å²) in [6.45, 7) is 5.35. The first-order chi connectivity index (χ1) is 13.9. The van der Waals surface area contributed by atoms with Gasteiger partial charge in [-0.05, 0) is 61.0 Å². The summed E-state index contributed by atoms with van der Waals surface area (Å²) >= 11 is 3.30. The van der Waals surface area contributed by atoms with Gasteiger partial charge in [0.15, 0.2) is 0 Å². The van der Waals surface area contributed by atoms with Gasteiger partial charge in [-0.3, -0.25) is 4.98 Å². The first kappa shape index (κ1) is 22.2. The predicted molar refractivity (Wildman–Crippen MR) is 114 cm³/mol. The molecule has 3 aromatic rings. The molecular formula is C20H21BrFN3O4S. The second-order valence-electron chi connectivity index (χ2n) is 7.77. The number of ether oxygens (including phenoxy) is 1. The summed E-state index contributed by atoms with van der Waals surface area (Å²) in [4.78, 5) is 17.8. The van der Waals surface area contributed by atoms with Gasteiger partial charge < -0.3 is 9.64 Å². The Bertz CT molecular complexity index is 1220. The predicted octanol–water partition coefficient (Wildman–Crippen LogP) is 4.54. The average Bonchev–Trinajstić information content (AvgIpc) is 2.98. The Morgan fingerprint density at radius 2 is 2.00 bits per heavy atom. The van der Waals surface area contributed by atoms with Crippen LogP contribution in [0.5, 0.6) is 0 Å². The molecule has 1 aromatic carbocycles. The Labute approximate surface area is 182 Å². The van der Waals surface area contributed by atoms with Crippen LogP contribution >= 0.6 is 15.9 Å². The van der Waals surface area contributed by atoms with Crippen LogP contribution in [0.25, 0.3) is 11.0 Å². The van der Waals surface area contributed by atoms with Crippen molar-refractivity contribution in [2.24, 2.45) is 0 Å². The van der Waals surface area contributed by atoms with E-state index < -0.39 is 27.5 Å². The lowest BCUT2D eigenvalue weighted by molar-refractivity contribution is 0.0285. The quantitative estimate of drug-likeness (QED) is 0.528. The molecule has 7 nitrogen and oxygen atoms in total. The van der Waals surface area contributed by atoms with E-state index in [2.05, 4.69) is 20.9 Å². The summed E-state index contributed by atoms with van der Waals surface area (Å²) in [5, 5.41) is 0. The summed E-state index contributed by atoms with van der Waals surface area (Å²) in [5.74, 6) is -0.656. The number of benzene rings is 1. The highest BCUT2D eigenvalue weighted by Crippen LogP contribution is 2.28. The van der Waals surface area contributed by atoms with Crippen molar-refractivity contribution >= 4 is 43.1 Å². The largest absolute Gasteiger partial charge is 0.444 e. The zero-order valence-corrected chi connectivity index (χ0v) is 19.3. The van der Waals surface area contributed by atoms with Crippen molar-refractivity contribution in [3.63, 3.8) is 0 Å². The third-order valence-electron chi connectivity index (χ3n) is 4.11. The number of pyridine rings is 1. The fourth-order valence-corrected chi connectivity index (χ4v) is 4.55. The highest BCUT2D eigenvalue weighted by atomic mass is 79.9. The van der Waals surface area contributed by atoms with Gasteiger partial charge in [0.05, 0.1) is 22.5 Å². The summed E-state index contributed by atoms with van der Waals surface area (Å²) in [6, 6.07) is 6.39. The van der Waals surface area contributed by atoms with Gasteiger partial charge in [-0.2, -0.15) is 0 Å². The first-order valence-electron chi connectivity index (χ1n) is 8.99. The molecule has 0 saturated carbocycles. The Morgan fingerprint density at radius 3 is 2.63 bits per heavy atom. The number of rotatable bonds is 4. The van der Waals surface area contributed by atoms with Crippen LogP contribution in [0.15, 0.2) is 52.1 Å². The SMILES string of the molecule is CN(Cc1cn(S(=O)(=O)c2cccc(F)c2)c2cc(Br)cnc12)C(=O)OC(C)(C)C. The fraction of sp³-hybridized carbons (Fsp3) is 0.300. The lowest BCUT2D eigenvalue weighted by Crippen LogP contribution is -2.33. The Morgan fingerprint density at radius 1 is 1.30 bits per heavy atom. The van der Waals surface area contributed by atoms with E-state index in [1.54, 1.807) is 40.1 Å². The van der Waals surface area contributed by atoms with Crippen molar-refractivity contribution in [3.8, 4) is 0 Å². The van der Waals surface area contributed by atoms with Crippen LogP contribution in [0.3, 0.4) is 0 Å². The van der Waals surface area contributed by atoms with Crippen molar-refractivity contribution in [2.45, 2.75) is 37.8 Å². The average molecular weight is 498 g/mol. The lowest BCUT2D eigenvalue weighted by atomic mass is 10.2. The molecule has 10 heteroatoms. The molecular weight excluding hydrogens is 477 g/mol. The minimum Gasteiger partial charge on any atom is -0.444 e. The molecule has 0 atom stereocenters. The summed E-state index contributed by atoms with van der Waals surface area (Å²) < 4.78 is 47.0. The van der Waals surface area contributed by atoms with E-state index in [1.165, 1.54) is 29.3 Å². The van der Waals surface area contributed by atoms with E-state index in [9.17, 15) is 17.6 Å². The molecule has 0 unspecified atom stereocenters. The monoisotopic (exact) mass is 497 g/mol. The number of fused-ring (bicyclic) bond motifs is 1. The number of nitrogens with zero attached hydrogens (tertiary/aromatic N) is 3. The molecule has 0 spiro atoms. The van der Waals surface area contributed by atoms with Crippen LogP contribution in [0, 0.1) is 5.82 Å². The van der Waals surface area contributed by atoms with Crippen molar-refractivity contribution in [1.82, 2.24) is 13.9 Å². The second kappa shape index (κ2) is 7.99. The van der Waals surface area contributed by atoms with E-state index in [0.717, 1.165) is 10.0 Å². The summed E-state index contributed by atoms with van der Waals surface area (Å²) in [6.07, 6.45) is 2.39. The normalized spacial score (nSPS) is 12.2. The maximum atomic E-state index is 13.6. The third kappa shape index (κ3) is 4.65.